The molecule has 0 fully saturated rings. The molecular weight excluding hydrogens is 206 g/mol. The first kappa shape index (κ1) is 12.1. The number of rotatable bonds is 5. The van der Waals surface area contributed by atoms with Gasteiger partial charge in [-0.1, -0.05) is 42.0 Å². The van der Waals surface area contributed by atoms with E-state index in [1.54, 1.807) is 0 Å². The molecule has 15 heavy (non-hydrogen) atoms. The smallest absolute Gasteiger partial charge is 0.0419 e. The van der Waals surface area contributed by atoms with E-state index in [0.717, 1.165) is 5.56 Å². The third-order valence-corrected chi connectivity index (χ3v) is 3.27. The van der Waals surface area contributed by atoms with Crippen LogP contribution in [0.4, 0.5) is 0 Å². The number of hydrogen-bond acceptors (Lipinski definition) is 2. The van der Waals surface area contributed by atoms with Gasteiger partial charge in [0.15, 0.2) is 0 Å². The Kier molecular flexibility index (Phi) is 5.29. The van der Waals surface area contributed by atoms with Crippen LogP contribution in [-0.2, 0) is 10.8 Å². The van der Waals surface area contributed by atoms with Gasteiger partial charge in [-0.2, -0.15) is 0 Å². The molecule has 0 bridgehead atoms. The minimum Gasteiger partial charge on any atom is -0.330 e. The number of hydrogen-bond donors (Lipinski definition) is 1. The van der Waals surface area contributed by atoms with Crippen LogP contribution in [0.15, 0.2) is 30.3 Å². The van der Waals surface area contributed by atoms with Crippen LogP contribution in [0.5, 0.6) is 0 Å². The van der Waals surface area contributed by atoms with Crippen molar-refractivity contribution in [2.45, 2.75) is 6.92 Å². The summed E-state index contributed by atoms with van der Waals surface area (Å²) in [6.45, 7) is 2.55. The van der Waals surface area contributed by atoms with Crippen LogP contribution < -0.4 is 5.73 Å². The molecule has 82 valence electrons. The molecule has 0 saturated heterocycles. The Morgan fingerprint density at radius 3 is 2.60 bits per heavy atom. The second-order valence-corrected chi connectivity index (χ2v) is 5.03. The summed E-state index contributed by atoms with van der Waals surface area (Å²) in [7, 11) is -0.810. The lowest BCUT2D eigenvalue weighted by Crippen LogP contribution is -2.11. The largest absolute Gasteiger partial charge is 0.330 e. The average molecular weight is 223 g/mol. The zero-order valence-corrected chi connectivity index (χ0v) is 9.80. The molecule has 0 aliphatic rings. The fourth-order valence-corrected chi connectivity index (χ4v) is 1.92. The summed E-state index contributed by atoms with van der Waals surface area (Å²) >= 11 is 0. The Balaban J connectivity index is 2.44. The molecule has 3 heteroatoms. The molecule has 0 aliphatic heterocycles. The van der Waals surface area contributed by atoms with Gasteiger partial charge in [-0.15, -0.1) is 0 Å². The molecule has 2 nitrogen and oxygen atoms in total. The minimum absolute atomic E-state index is 0.491. The molecule has 0 heterocycles. The minimum atomic E-state index is -0.810. The van der Waals surface area contributed by atoms with E-state index in [1.165, 1.54) is 5.56 Å². The van der Waals surface area contributed by atoms with Gasteiger partial charge in [-0.05, 0) is 12.5 Å². The van der Waals surface area contributed by atoms with Crippen molar-refractivity contribution in [1.29, 1.82) is 0 Å². The normalized spacial score (nSPS) is 13.2. The summed E-state index contributed by atoms with van der Waals surface area (Å²) in [5, 5.41) is 0. The van der Waals surface area contributed by atoms with Crippen molar-refractivity contribution in [3.8, 4) is 0 Å². The third kappa shape index (κ3) is 4.91. The van der Waals surface area contributed by atoms with Crippen molar-refractivity contribution < 1.29 is 4.21 Å². The lowest BCUT2D eigenvalue weighted by Gasteiger charge is -1.96. The summed E-state index contributed by atoms with van der Waals surface area (Å²) < 4.78 is 11.3. The number of nitrogens with two attached hydrogens (primary N) is 1. The monoisotopic (exact) mass is 223 g/mol. The van der Waals surface area contributed by atoms with Crippen LogP contribution in [0, 0.1) is 6.92 Å². The van der Waals surface area contributed by atoms with E-state index in [4.69, 9.17) is 5.73 Å². The molecule has 0 saturated carbocycles. The quantitative estimate of drug-likeness (QED) is 0.826. The standard InChI is InChI=1S/C12H17NOS/c1-11-4-6-12(7-5-11)3-2-9-15(14)10-8-13/h2-7H,8-10,13H2,1H3/b3-2+. The van der Waals surface area contributed by atoms with E-state index in [1.807, 2.05) is 12.2 Å². The van der Waals surface area contributed by atoms with Gasteiger partial charge in [0.05, 0.1) is 0 Å². The Labute approximate surface area is 93.6 Å². The maximum atomic E-state index is 11.3. The summed E-state index contributed by atoms with van der Waals surface area (Å²) in [6, 6.07) is 8.24. The molecule has 2 N–H and O–H groups in total. The molecule has 0 aliphatic carbocycles. The maximum Gasteiger partial charge on any atom is 0.0419 e. The molecule has 1 aromatic carbocycles. The highest BCUT2D eigenvalue weighted by molar-refractivity contribution is 7.85. The van der Waals surface area contributed by atoms with Crippen molar-refractivity contribution in [3.05, 3.63) is 41.5 Å². The molecule has 0 spiro atoms. The van der Waals surface area contributed by atoms with Gasteiger partial charge in [0, 0.05) is 28.9 Å². The van der Waals surface area contributed by atoms with Crippen LogP contribution >= 0.6 is 0 Å². The topological polar surface area (TPSA) is 43.1 Å². The highest BCUT2D eigenvalue weighted by Gasteiger charge is 1.93. The first-order valence-corrected chi connectivity index (χ1v) is 6.49. The summed E-state index contributed by atoms with van der Waals surface area (Å²) in [5.74, 6) is 1.17. The maximum absolute atomic E-state index is 11.3. The first-order valence-electron chi connectivity index (χ1n) is 5.00. The zero-order chi connectivity index (χ0) is 11.1. The predicted octanol–water partition coefficient (Wildman–Crippen LogP) is 1.72. The van der Waals surface area contributed by atoms with Gasteiger partial charge in [-0.25, -0.2) is 0 Å². The van der Waals surface area contributed by atoms with E-state index in [2.05, 4.69) is 31.2 Å². The van der Waals surface area contributed by atoms with Gasteiger partial charge in [0.1, 0.15) is 0 Å². The van der Waals surface area contributed by atoms with E-state index in [9.17, 15) is 4.21 Å². The fraction of sp³-hybridized carbons (Fsp3) is 0.333. The first-order chi connectivity index (χ1) is 7.22. The summed E-state index contributed by atoms with van der Waals surface area (Å²) in [6.07, 6.45) is 3.93. The van der Waals surface area contributed by atoms with Crippen LogP contribution in [0.25, 0.3) is 6.08 Å². The molecule has 0 aromatic heterocycles. The second kappa shape index (κ2) is 6.53. The van der Waals surface area contributed by atoms with Crippen molar-refractivity contribution >= 4 is 16.9 Å². The molecule has 1 aromatic rings. The van der Waals surface area contributed by atoms with E-state index in [-0.39, 0.29) is 0 Å². The van der Waals surface area contributed by atoms with Crippen LogP contribution in [0.3, 0.4) is 0 Å². The molecule has 1 unspecified atom stereocenters. The summed E-state index contributed by atoms with van der Waals surface area (Å²) in [4.78, 5) is 0. The van der Waals surface area contributed by atoms with Crippen LogP contribution in [-0.4, -0.2) is 22.3 Å². The van der Waals surface area contributed by atoms with E-state index < -0.39 is 10.8 Å². The molecule has 1 atom stereocenters. The fourth-order valence-electron chi connectivity index (χ4n) is 1.18. The van der Waals surface area contributed by atoms with Gasteiger partial charge >= 0.3 is 0 Å². The summed E-state index contributed by atoms with van der Waals surface area (Å²) in [5.41, 5.74) is 7.70. The Morgan fingerprint density at radius 1 is 1.33 bits per heavy atom. The Hall–Kier alpha value is -0.930. The molecule has 1 rings (SSSR count). The van der Waals surface area contributed by atoms with Crippen molar-refractivity contribution in [2.75, 3.05) is 18.1 Å². The van der Waals surface area contributed by atoms with Crippen molar-refractivity contribution in [3.63, 3.8) is 0 Å². The van der Waals surface area contributed by atoms with Crippen LogP contribution in [0.1, 0.15) is 11.1 Å². The third-order valence-electron chi connectivity index (χ3n) is 2.02. The lowest BCUT2D eigenvalue weighted by atomic mass is 10.1. The molecule has 0 amide bonds. The van der Waals surface area contributed by atoms with Gasteiger partial charge in [-0.3, -0.25) is 4.21 Å². The van der Waals surface area contributed by atoms with Gasteiger partial charge in [0.2, 0.25) is 0 Å². The lowest BCUT2D eigenvalue weighted by molar-refractivity contribution is 0.684. The SMILES string of the molecule is Cc1ccc(/C=C/CS(=O)CCN)cc1. The van der Waals surface area contributed by atoms with Crippen LogP contribution in [0.2, 0.25) is 0 Å². The van der Waals surface area contributed by atoms with E-state index >= 15 is 0 Å². The van der Waals surface area contributed by atoms with Gasteiger partial charge in [0.25, 0.3) is 0 Å². The Bertz CT molecular complexity index is 343. The number of aryl methyl sites for hydroxylation is 1. The molecular formula is C12H17NOS. The van der Waals surface area contributed by atoms with Crippen molar-refractivity contribution in [2.24, 2.45) is 5.73 Å². The van der Waals surface area contributed by atoms with E-state index in [0.29, 0.717) is 18.1 Å². The Morgan fingerprint density at radius 2 is 2.00 bits per heavy atom. The highest BCUT2D eigenvalue weighted by atomic mass is 32.2. The second-order valence-electron chi connectivity index (χ2n) is 3.41. The molecule has 0 radical (unpaired) electrons. The number of benzene rings is 1. The van der Waals surface area contributed by atoms with Gasteiger partial charge < -0.3 is 5.73 Å². The average Bonchev–Trinajstić information content (AvgIpc) is 2.21. The van der Waals surface area contributed by atoms with Crippen molar-refractivity contribution in [1.82, 2.24) is 0 Å². The zero-order valence-electron chi connectivity index (χ0n) is 8.98. The predicted molar refractivity (Wildman–Crippen MR) is 67.1 cm³/mol. The highest BCUT2D eigenvalue weighted by Crippen LogP contribution is 2.04.